The molecule has 4 aliphatic heterocycles. The fourth-order valence-corrected chi connectivity index (χ4v) is 6.71. The number of nitrogens with one attached hydrogen (secondary N) is 3. The van der Waals surface area contributed by atoms with Gasteiger partial charge in [0.05, 0.1) is 18.4 Å². The quantitative estimate of drug-likeness (QED) is 0.601. The third kappa shape index (κ3) is 3.68. The van der Waals surface area contributed by atoms with Crippen molar-refractivity contribution in [1.82, 2.24) is 26.0 Å². The number of hydrogen-bond acceptors (Lipinski definition) is 5. The van der Waals surface area contributed by atoms with E-state index in [2.05, 4.69) is 32.9 Å². The zero-order valence-corrected chi connectivity index (χ0v) is 16.9. The van der Waals surface area contributed by atoms with E-state index < -0.39 is 6.17 Å². The van der Waals surface area contributed by atoms with Crippen LogP contribution >= 0.6 is 0 Å². The molecule has 8 atom stereocenters. The summed E-state index contributed by atoms with van der Waals surface area (Å²) in [5, 5.41) is 10.2. The van der Waals surface area contributed by atoms with Crippen LogP contribution in [0, 0.1) is 17.8 Å². The van der Waals surface area contributed by atoms with Crippen LogP contribution in [0.4, 0.5) is 4.39 Å². The van der Waals surface area contributed by atoms with E-state index in [0.29, 0.717) is 36.3 Å². The van der Waals surface area contributed by atoms with E-state index in [1.54, 1.807) is 0 Å². The Labute approximate surface area is 163 Å². The van der Waals surface area contributed by atoms with Gasteiger partial charge in [-0.3, -0.25) is 15.6 Å². The molecule has 0 spiro atoms. The van der Waals surface area contributed by atoms with Crippen LogP contribution < -0.4 is 16.1 Å². The molecule has 8 unspecified atom stereocenters. The van der Waals surface area contributed by atoms with Crippen molar-refractivity contribution in [2.75, 3.05) is 26.2 Å². The first-order chi connectivity index (χ1) is 13.2. The average Bonchev–Trinajstić information content (AvgIpc) is 3.31. The summed E-state index contributed by atoms with van der Waals surface area (Å²) >= 11 is 0. The highest BCUT2D eigenvalue weighted by molar-refractivity contribution is 4.99. The Balaban J connectivity index is 1.41. The third-order valence-corrected chi connectivity index (χ3v) is 8.22. The summed E-state index contributed by atoms with van der Waals surface area (Å²) in [7, 11) is 0. The van der Waals surface area contributed by atoms with E-state index in [1.807, 2.05) is 0 Å². The van der Waals surface area contributed by atoms with E-state index in [4.69, 9.17) is 0 Å². The second kappa shape index (κ2) is 7.86. The molecule has 0 aromatic rings. The van der Waals surface area contributed by atoms with Crippen molar-refractivity contribution < 1.29 is 4.39 Å². The van der Waals surface area contributed by atoms with Gasteiger partial charge in [-0.1, -0.05) is 6.92 Å². The Kier molecular flexibility index (Phi) is 5.46. The van der Waals surface area contributed by atoms with Gasteiger partial charge in [0.2, 0.25) is 0 Å². The van der Waals surface area contributed by atoms with Crippen LogP contribution in [0.2, 0.25) is 0 Å². The van der Waals surface area contributed by atoms with Gasteiger partial charge in [0, 0.05) is 19.1 Å². The Hall–Kier alpha value is -0.270. The molecule has 4 saturated heterocycles. The first-order valence-corrected chi connectivity index (χ1v) is 11.6. The lowest BCUT2D eigenvalue weighted by Crippen LogP contribution is -2.65. The van der Waals surface area contributed by atoms with Gasteiger partial charge in [-0.15, -0.1) is 0 Å². The summed E-state index contributed by atoms with van der Waals surface area (Å²) in [4.78, 5) is 2.75. The summed E-state index contributed by atoms with van der Waals surface area (Å²) in [5.41, 5.74) is 3.59. The molecule has 5 nitrogen and oxygen atoms in total. The second-order valence-electron chi connectivity index (χ2n) is 9.95. The number of hydrogen-bond donors (Lipinski definition) is 3. The van der Waals surface area contributed by atoms with Crippen LogP contribution in [0.25, 0.3) is 0 Å². The summed E-state index contributed by atoms with van der Waals surface area (Å²) in [5.74, 6) is 1.99. The van der Waals surface area contributed by atoms with Crippen LogP contribution in [-0.2, 0) is 0 Å². The number of halogens is 1. The highest BCUT2D eigenvalue weighted by Gasteiger charge is 2.46. The van der Waals surface area contributed by atoms with Crippen molar-refractivity contribution in [2.24, 2.45) is 17.8 Å². The smallest absolute Gasteiger partial charge is 0.100 e. The normalized spacial score (nSPS) is 49.6. The predicted molar refractivity (Wildman–Crippen MR) is 106 cm³/mol. The Bertz CT molecular complexity index is 519. The molecule has 0 aromatic heterocycles. The Morgan fingerprint density at radius 3 is 2.78 bits per heavy atom. The van der Waals surface area contributed by atoms with E-state index >= 15 is 0 Å². The van der Waals surface area contributed by atoms with Crippen molar-refractivity contribution in [3.05, 3.63) is 0 Å². The molecule has 5 aliphatic rings. The van der Waals surface area contributed by atoms with Crippen molar-refractivity contribution in [2.45, 2.75) is 88.9 Å². The van der Waals surface area contributed by atoms with E-state index in [9.17, 15) is 4.39 Å². The minimum Gasteiger partial charge on any atom is -0.310 e. The lowest BCUT2D eigenvalue weighted by molar-refractivity contribution is -0.00883. The van der Waals surface area contributed by atoms with Gasteiger partial charge in [-0.25, -0.2) is 9.40 Å². The van der Waals surface area contributed by atoms with Crippen molar-refractivity contribution in [3.63, 3.8) is 0 Å². The second-order valence-corrected chi connectivity index (χ2v) is 9.95. The van der Waals surface area contributed by atoms with Crippen LogP contribution in [-0.4, -0.2) is 66.7 Å². The topological polar surface area (TPSA) is 42.6 Å². The SMILES string of the molecule is CC1CCC2CCC(F)CC2C2CCCN2C2CCN3NCC(NC1)C3N2. The molecular formula is C21H38FN5. The summed E-state index contributed by atoms with van der Waals surface area (Å²) in [6.45, 7) is 6.81. The van der Waals surface area contributed by atoms with Crippen LogP contribution in [0.1, 0.15) is 58.3 Å². The molecule has 5 fully saturated rings. The molecule has 4 heterocycles. The minimum absolute atomic E-state index is 0.383. The lowest BCUT2D eigenvalue weighted by Gasteiger charge is -2.47. The average molecular weight is 380 g/mol. The molecule has 1 saturated carbocycles. The molecule has 1 aliphatic carbocycles. The van der Waals surface area contributed by atoms with Gasteiger partial charge in [0.1, 0.15) is 6.17 Å². The zero-order chi connectivity index (χ0) is 18.4. The zero-order valence-electron chi connectivity index (χ0n) is 16.9. The van der Waals surface area contributed by atoms with Gasteiger partial charge in [0.15, 0.2) is 0 Å². The highest BCUT2D eigenvalue weighted by atomic mass is 19.1. The maximum atomic E-state index is 14.4. The van der Waals surface area contributed by atoms with Crippen LogP contribution in [0.3, 0.4) is 0 Å². The molecule has 5 rings (SSSR count). The highest BCUT2D eigenvalue weighted by Crippen LogP contribution is 2.42. The van der Waals surface area contributed by atoms with Crippen molar-refractivity contribution in [1.29, 1.82) is 0 Å². The van der Waals surface area contributed by atoms with Crippen molar-refractivity contribution in [3.8, 4) is 0 Å². The number of nitrogens with zero attached hydrogens (tertiary/aromatic N) is 2. The Morgan fingerprint density at radius 1 is 0.963 bits per heavy atom. The fraction of sp³-hybridized carbons (Fsp3) is 1.00. The number of rotatable bonds is 0. The minimum atomic E-state index is -0.568. The Morgan fingerprint density at radius 2 is 1.85 bits per heavy atom. The number of hydrazine groups is 1. The molecule has 0 aromatic carbocycles. The van der Waals surface area contributed by atoms with Crippen molar-refractivity contribution >= 4 is 0 Å². The lowest BCUT2D eigenvalue weighted by atomic mass is 9.71. The third-order valence-electron chi connectivity index (χ3n) is 8.22. The standard InChI is InChI=1S/C21H38FN5/c1-14-4-5-15-6-7-16(22)11-17(15)19-3-2-9-26(19)20-8-10-27-21(25-20)18(13-24-27)23-12-14/h14-21,23-25H,2-13H2,1H3. The summed E-state index contributed by atoms with van der Waals surface area (Å²) in [6, 6.07) is 1.07. The largest absolute Gasteiger partial charge is 0.310 e. The molecule has 6 heteroatoms. The van der Waals surface area contributed by atoms with Gasteiger partial charge in [-0.2, -0.15) is 0 Å². The molecule has 0 radical (unpaired) electrons. The number of fused-ring (bicyclic) bond motifs is 5. The molecule has 154 valence electrons. The van der Waals surface area contributed by atoms with Crippen LogP contribution in [0.15, 0.2) is 0 Å². The van der Waals surface area contributed by atoms with E-state index in [-0.39, 0.29) is 0 Å². The monoisotopic (exact) mass is 379 g/mol. The van der Waals surface area contributed by atoms with E-state index in [0.717, 1.165) is 44.8 Å². The molecular weight excluding hydrogens is 341 g/mol. The fourth-order valence-electron chi connectivity index (χ4n) is 6.71. The molecule has 3 N–H and O–H groups in total. The first kappa shape index (κ1) is 18.7. The van der Waals surface area contributed by atoms with Gasteiger partial charge in [0.25, 0.3) is 0 Å². The number of alkyl halides is 1. The maximum absolute atomic E-state index is 14.4. The van der Waals surface area contributed by atoms with Gasteiger partial charge < -0.3 is 5.32 Å². The molecule has 2 bridgehead atoms. The van der Waals surface area contributed by atoms with E-state index in [1.165, 1.54) is 38.6 Å². The van der Waals surface area contributed by atoms with Crippen LogP contribution in [0.5, 0.6) is 0 Å². The maximum Gasteiger partial charge on any atom is 0.100 e. The summed E-state index contributed by atoms with van der Waals surface area (Å²) < 4.78 is 14.4. The predicted octanol–water partition coefficient (Wildman–Crippen LogP) is 2.06. The van der Waals surface area contributed by atoms with Gasteiger partial charge >= 0.3 is 0 Å². The molecule has 27 heavy (non-hydrogen) atoms. The molecule has 0 amide bonds. The van der Waals surface area contributed by atoms with Gasteiger partial charge in [-0.05, 0) is 82.2 Å². The first-order valence-electron chi connectivity index (χ1n) is 11.6. The summed E-state index contributed by atoms with van der Waals surface area (Å²) in [6.07, 6.45) is 9.29.